The number of hydrogen-bond donors (Lipinski definition) is 3. The monoisotopic (exact) mass is 327 g/mol. The van der Waals surface area contributed by atoms with E-state index in [2.05, 4.69) is 15.0 Å². The molecular weight excluding hydrogens is 314 g/mol. The van der Waals surface area contributed by atoms with Crippen molar-refractivity contribution in [3.05, 3.63) is 45.2 Å². The van der Waals surface area contributed by atoms with Gasteiger partial charge in [-0.15, -0.1) is 0 Å². The van der Waals surface area contributed by atoms with Crippen LogP contribution in [0.3, 0.4) is 0 Å². The number of carbonyl (C=O) groups is 1. The smallest absolute Gasteiger partial charge is 0.306 e. The number of nitrogens with one attached hydrogen (secondary N) is 3. The Labute approximate surface area is 125 Å². The van der Waals surface area contributed by atoms with Crippen LogP contribution in [0.15, 0.2) is 33.3 Å². The van der Waals surface area contributed by atoms with Crippen molar-refractivity contribution in [3.63, 3.8) is 0 Å². The molecule has 0 fully saturated rings. The van der Waals surface area contributed by atoms with E-state index in [1.54, 1.807) is 0 Å². The lowest BCUT2D eigenvalue weighted by molar-refractivity contribution is 0.0963. The zero-order chi connectivity index (χ0) is 15.6. The molecule has 1 aromatic carbocycles. The summed E-state index contributed by atoms with van der Waals surface area (Å²) < 4.78 is 26.7. The van der Waals surface area contributed by atoms with E-state index in [9.17, 15) is 18.0 Å². The quantitative estimate of drug-likeness (QED) is 0.775. The Bertz CT molecular complexity index is 819. The number of thiazole rings is 1. The molecule has 0 aliphatic carbocycles. The Morgan fingerprint density at radius 3 is 2.33 bits per heavy atom. The fourth-order valence-corrected chi connectivity index (χ4v) is 4.04. The molecule has 0 unspecified atom stereocenters. The maximum Gasteiger partial charge on any atom is 0.306 e. The zero-order valence-electron chi connectivity index (χ0n) is 11.3. The van der Waals surface area contributed by atoms with Crippen LogP contribution in [0.1, 0.15) is 16.1 Å². The topological polar surface area (TPSA) is 108 Å². The average molecular weight is 327 g/mol. The van der Waals surface area contributed by atoms with E-state index in [1.807, 2.05) is 0 Å². The fourth-order valence-electron chi connectivity index (χ4n) is 1.68. The molecule has 0 spiro atoms. The summed E-state index contributed by atoms with van der Waals surface area (Å²) >= 11 is 0.627. The van der Waals surface area contributed by atoms with Gasteiger partial charge in [0, 0.05) is 24.0 Å². The van der Waals surface area contributed by atoms with Gasteiger partial charge in [-0.05, 0) is 31.2 Å². The van der Waals surface area contributed by atoms with E-state index in [1.165, 1.54) is 38.2 Å². The van der Waals surface area contributed by atoms with Gasteiger partial charge in [-0.2, -0.15) is 0 Å². The SMILES string of the molecule is CNC(=O)c1ccc(NS(=O)(=O)c2sc(=O)[nH]c2C)cc1. The minimum Gasteiger partial charge on any atom is -0.355 e. The summed E-state index contributed by atoms with van der Waals surface area (Å²) in [5.74, 6) is -0.260. The van der Waals surface area contributed by atoms with Gasteiger partial charge in [0.15, 0.2) is 4.21 Å². The highest BCUT2D eigenvalue weighted by molar-refractivity contribution is 7.94. The number of benzene rings is 1. The van der Waals surface area contributed by atoms with Gasteiger partial charge >= 0.3 is 4.87 Å². The van der Waals surface area contributed by atoms with Gasteiger partial charge in [-0.3, -0.25) is 14.3 Å². The van der Waals surface area contributed by atoms with Crippen LogP contribution in [0.2, 0.25) is 0 Å². The molecule has 1 amide bonds. The highest BCUT2D eigenvalue weighted by Crippen LogP contribution is 2.20. The second-order valence-corrected chi connectivity index (χ2v) is 7.05. The highest BCUT2D eigenvalue weighted by Gasteiger charge is 2.20. The number of aromatic nitrogens is 1. The molecule has 0 saturated carbocycles. The summed E-state index contributed by atoms with van der Waals surface area (Å²) in [6, 6.07) is 5.96. The lowest BCUT2D eigenvalue weighted by atomic mass is 10.2. The van der Waals surface area contributed by atoms with Crippen molar-refractivity contribution in [3.8, 4) is 0 Å². The van der Waals surface area contributed by atoms with Gasteiger partial charge in [0.25, 0.3) is 15.9 Å². The molecule has 1 aromatic heterocycles. The van der Waals surface area contributed by atoms with Gasteiger partial charge in [-0.25, -0.2) is 8.42 Å². The molecule has 112 valence electrons. The second kappa shape index (κ2) is 5.70. The molecule has 0 bridgehead atoms. The molecule has 9 heteroatoms. The van der Waals surface area contributed by atoms with Crippen LogP contribution < -0.4 is 14.9 Å². The molecule has 3 N–H and O–H groups in total. The number of H-pyrrole nitrogens is 1. The number of amides is 1. The van der Waals surface area contributed by atoms with Crippen molar-refractivity contribution in [2.45, 2.75) is 11.1 Å². The van der Waals surface area contributed by atoms with Crippen LogP contribution in [0.4, 0.5) is 5.69 Å². The van der Waals surface area contributed by atoms with E-state index in [4.69, 9.17) is 0 Å². The Kier molecular flexibility index (Phi) is 4.14. The second-order valence-electron chi connectivity index (χ2n) is 4.19. The first-order chi connectivity index (χ1) is 9.83. The Morgan fingerprint density at radius 2 is 1.86 bits per heavy atom. The maximum atomic E-state index is 12.2. The highest BCUT2D eigenvalue weighted by atomic mass is 32.2. The number of sulfonamides is 1. The third-order valence-electron chi connectivity index (χ3n) is 2.65. The van der Waals surface area contributed by atoms with E-state index in [-0.39, 0.29) is 10.1 Å². The predicted molar refractivity (Wildman–Crippen MR) is 80.3 cm³/mol. The number of aromatic amines is 1. The molecule has 2 aromatic rings. The first kappa shape index (κ1) is 15.3. The molecule has 0 aliphatic heterocycles. The molecule has 7 nitrogen and oxygen atoms in total. The van der Waals surface area contributed by atoms with Crippen LogP contribution in [0.5, 0.6) is 0 Å². The minimum absolute atomic E-state index is 0.0529. The summed E-state index contributed by atoms with van der Waals surface area (Å²) in [4.78, 5) is 24.6. The third-order valence-corrected chi connectivity index (χ3v) is 5.64. The van der Waals surface area contributed by atoms with Crippen molar-refractivity contribution in [2.75, 3.05) is 11.8 Å². The number of anilines is 1. The van der Waals surface area contributed by atoms with E-state index in [0.29, 0.717) is 28.3 Å². The Morgan fingerprint density at radius 1 is 1.24 bits per heavy atom. The Balaban J connectivity index is 2.27. The van der Waals surface area contributed by atoms with E-state index < -0.39 is 14.9 Å². The van der Waals surface area contributed by atoms with Crippen molar-refractivity contribution < 1.29 is 13.2 Å². The maximum absolute atomic E-state index is 12.2. The summed E-state index contributed by atoms with van der Waals surface area (Å²) in [6.07, 6.45) is 0. The first-order valence-corrected chi connectivity index (χ1v) is 8.18. The molecule has 21 heavy (non-hydrogen) atoms. The van der Waals surface area contributed by atoms with Gasteiger partial charge in [0.05, 0.1) is 0 Å². The van der Waals surface area contributed by atoms with Crippen LogP contribution >= 0.6 is 11.3 Å². The van der Waals surface area contributed by atoms with E-state index >= 15 is 0 Å². The number of hydrogen-bond acceptors (Lipinski definition) is 5. The van der Waals surface area contributed by atoms with Crippen molar-refractivity contribution in [1.82, 2.24) is 10.3 Å². The van der Waals surface area contributed by atoms with Crippen LogP contribution in [-0.2, 0) is 10.0 Å². The molecule has 0 radical (unpaired) electrons. The largest absolute Gasteiger partial charge is 0.355 e. The first-order valence-electron chi connectivity index (χ1n) is 5.88. The summed E-state index contributed by atoms with van der Waals surface area (Å²) in [6.45, 7) is 1.52. The van der Waals surface area contributed by atoms with Gasteiger partial charge in [0.1, 0.15) is 0 Å². The summed E-state index contributed by atoms with van der Waals surface area (Å²) in [5, 5.41) is 2.47. The number of rotatable bonds is 4. The lowest BCUT2D eigenvalue weighted by Gasteiger charge is -2.07. The summed E-state index contributed by atoms with van der Waals surface area (Å²) in [7, 11) is -2.32. The molecule has 0 aliphatic rings. The number of carbonyl (C=O) groups excluding carboxylic acids is 1. The van der Waals surface area contributed by atoms with E-state index in [0.717, 1.165) is 0 Å². The van der Waals surface area contributed by atoms with Crippen molar-refractivity contribution in [2.24, 2.45) is 0 Å². The van der Waals surface area contributed by atoms with Gasteiger partial charge < -0.3 is 10.3 Å². The van der Waals surface area contributed by atoms with Crippen LogP contribution in [0.25, 0.3) is 0 Å². The molecule has 0 saturated heterocycles. The molecule has 2 rings (SSSR count). The molecule has 1 heterocycles. The zero-order valence-corrected chi connectivity index (χ0v) is 12.9. The fraction of sp³-hybridized carbons (Fsp3) is 0.167. The normalized spacial score (nSPS) is 11.1. The van der Waals surface area contributed by atoms with Crippen LogP contribution in [-0.4, -0.2) is 26.4 Å². The summed E-state index contributed by atoms with van der Waals surface area (Å²) in [5.41, 5.74) is 1.02. The van der Waals surface area contributed by atoms with Crippen molar-refractivity contribution >= 4 is 33.0 Å². The lowest BCUT2D eigenvalue weighted by Crippen LogP contribution is -2.18. The third kappa shape index (κ3) is 3.31. The average Bonchev–Trinajstić information content (AvgIpc) is 2.78. The predicted octanol–water partition coefficient (Wildman–Crippen LogP) is 0.905. The van der Waals surface area contributed by atoms with Gasteiger partial charge in [-0.1, -0.05) is 11.3 Å². The van der Waals surface area contributed by atoms with Crippen LogP contribution in [0, 0.1) is 6.92 Å². The van der Waals surface area contributed by atoms with Crippen molar-refractivity contribution in [1.29, 1.82) is 0 Å². The molecular formula is C12H13N3O4S2. The number of aryl methyl sites for hydroxylation is 1. The molecule has 0 atom stereocenters. The minimum atomic E-state index is -3.83. The standard InChI is InChI=1S/C12H13N3O4S2/c1-7-11(20-12(17)14-7)21(18,19)15-9-5-3-8(4-6-9)10(16)13-2/h3-6,15H,1-2H3,(H,13,16)(H,14,17). The van der Waals surface area contributed by atoms with Gasteiger partial charge in [0.2, 0.25) is 0 Å². The Hall–Kier alpha value is -2.13.